The van der Waals surface area contributed by atoms with Crippen molar-refractivity contribution in [1.82, 2.24) is 4.31 Å². The number of ether oxygens (including phenoxy) is 1. The van der Waals surface area contributed by atoms with E-state index in [1.54, 1.807) is 0 Å². The summed E-state index contributed by atoms with van der Waals surface area (Å²) in [5.41, 5.74) is 5.81. The third-order valence-corrected chi connectivity index (χ3v) is 6.34. The Balaban J connectivity index is 2.14. The molecular formula is C16H25N3O5S. The Morgan fingerprint density at radius 3 is 2.60 bits per heavy atom. The summed E-state index contributed by atoms with van der Waals surface area (Å²) in [4.78, 5) is 10.5. The first-order valence-electron chi connectivity index (χ1n) is 8.49. The number of nitrogens with two attached hydrogens (primary N) is 1. The molecule has 2 N–H and O–H groups in total. The molecule has 9 heteroatoms. The van der Waals surface area contributed by atoms with Crippen LogP contribution in [0.5, 0.6) is 0 Å². The third kappa shape index (κ3) is 4.75. The van der Waals surface area contributed by atoms with E-state index in [1.807, 2.05) is 6.92 Å². The highest BCUT2D eigenvalue weighted by Crippen LogP contribution is 2.28. The Bertz CT molecular complexity index is 700. The fourth-order valence-corrected chi connectivity index (χ4v) is 4.68. The van der Waals surface area contributed by atoms with Crippen molar-refractivity contribution < 1.29 is 18.1 Å². The Labute approximate surface area is 148 Å². The Hall–Kier alpha value is -1.55. The first kappa shape index (κ1) is 19.8. The summed E-state index contributed by atoms with van der Waals surface area (Å²) in [6.07, 6.45) is 2.53. The molecule has 0 aromatic heterocycles. The number of non-ortho nitro benzene ring substituents is 1. The highest BCUT2D eigenvalue weighted by Gasteiger charge is 2.32. The van der Waals surface area contributed by atoms with Crippen molar-refractivity contribution in [2.75, 3.05) is 26.2 Å². The summed E-state index contributed by atoms with van der Waals surface area (Å²) < 4.78 is 33.0. The van der Waals surface area contributed by atoms with Gasteiger partial charge in [0.25, 0.3) is 5.69 Å². The number of piperidine rings is 1. The minimum atomic E-state index is -3.76. The molecule has 1 aromatic rings. The van der Waals surface area contributed by atoms with Crippen LogP contribution in [0.3, 0.4) is 0 Å². The minimum absolute atomic E-state index is 0.0340. The molecule has 1 fully saturated rings. The van der Waals surface area contributed by atoms with Gasteiger partial charge in [0.1, 0.15) is 0 Å². The molecule has 1 heterocycles. The van der Waals surface area contributed by atoms with E-state index in [-0.39, 0.29) is 16.7 Å². The zero-order valence-corrected chi connectivity index (χ0v) is 15.2. The van der Waals surface area contributed by atoms with Crippen LogP contribution < -0.4 is 5.73 Å². The smallest absolute Gasteiger partial charge is 0.270 e. The second kappa shape index (κ2) is 8.70. The van der Waals surface area contributed by atoms with Crippen molar-refractivity contribution in [2.24, 2.45) is 5.73 Å². The van der Waals surface area contributed by atoms with E-state index >= 15 is 0 Å². The van der Waals surface area contributed by atoms with Crippen LogP contribution in [0.4, 0.5) is 5.69 Å². The molecule has 1 aliphatic rings. The van der Waals surface area contributed by atoms with E-state index < -0.39 is 14.9 Å². The molecule has 0 spiro atoms. The van der Waals surface area contributed by atoms with Crippen LogP contribution in [0.15, 0.2) is 23.1 Å². The van der Waals surface area contributed by atoms with Crippen LogP contribution in [-0.4, -0.2) is 50.0 Å². The quantitative estimate of drug-likeness (QED) is 0.422. The molecular weight excluding hydrogens is 346 g/mol. The summed E-state index contributed by atoms with van der Waals surface area (Å²) in [7, 11) is -3.76. The van der Waals surface area contributed by atoms with Crippen LogP contribution in [0, 0.1) is 10.1 Å². The zero-order chi connectivity index (χ0) is 18.4. The Kier molecular flexibility index (Phi) is 6.88. The molecule has 0 saturated carbocycles. The molecule has 2 rings (SSSR count). The molecule has 0 radical (unpaired) electrons. The number of hydrogen-bond acceptors (Lipinski definition) is 6. The van der Waals surface area contributed by atoms with E-state index in [2.05, 4.69) is 0 Å². The summed E-state index contributed by atoms with van der Waals surface area (Å²) in [6.45, 7) is 3.68. The number of sulfonamides is 1. The van der Waals surface area contributed by atoms with Gasteiger partial charge in [-0.1, -0.05) is 13.0 Å². The number of nitro benzene ring substituents is 1. The van der Waals surface area contributed by atoms with Gasteiger partial charge in [-0.25, -0.2) is 8.42 Å². The molecule has 25 heavy (non-hydrogen) atoms. The first-order chi connectivity index (χ1) is 11.9. The molecule has 0 atom stereocenters. The topological polar surface area (TPSA) is 116 Å². The zero-order valence-electron chi connectivity index (χ0n) is 14.4. The maximum atomic E-state index is 13.0. The Morgan fingerprint density at radius 1 is 1.36 bits per heavy atom. The average molecular weight is 371 g/mol. The molecule has 0 bridgehead atoms. The van der Waals surface area contributed by atoms with Crippen molar-refractivity contribution in [2.45, 2.75) is 43.6 Å². The van der Waals surface area contributed by atoms with Gasteiger partial charge in [0.2, 0.25) is 10.0 Å². The molecule has 8 nitrogen and oxygen atoms in total. The van der Waals surface area contributed by atoms with Crippen molar-refractivity contribution in [3.63, 3.8) is 0 Å². The van der Waals surface area contributed by atoms with E-state index in [9.17, 15) is 18.5 Å². The normalized spacial score (nSPS) is 16.9. The van der Waals surface area contributed by atoms with E-state index in [0.29, 0.717) is 51.1 Å². The largest absolute Gasteiger partial charge is 0.378 e. The average Bonchev–Trinajstić information content (AvgIpc) is 2.61. The maximum absolute atomic E-state index is 13.0. The van der Waals surface area contributed by atoms with Crippen molar-refractivity contribution in [3.05, 3.63) is 33.9 Å². The summed E-state index contributed by atoms with van der Waals surface area (Å²) in [6, 6.07) is 4.03. The summed E-state index contributed by atoms with van der Waals surface area (Å²) in [5, 5.41) is 11.0. The summed E-state index contributed by atoms with van der Waals surface area (Å²) >= 11 is 0. The van der Waals surface area contributed by atoms with E-state index in [4.69, 9.17) is 10.5 Å². The predicted octanol–water partition coefficient (Wildman–Crippen LogP) is 1.68. The second-order valence-corrected chi connectivity index (χ2v) is 7.93. The van der Waals surface area contributed by atoms with E-state index in [1.165, 1.54) is 16.4 Å². The predicted molar refractivity (Wildman–Crippen MR) is 93.9 cm³/mol. The molecule has 140 valence electrons. The number of nitro groups is 1. The highest BCUT2D eigenvalue weighted by atomic mass is 32.2. The van der Waals surface area contributed by atoms with Gasteiger partial charge in [-0.15, -0.1) is 0 Å². The number of rotatable bonds is 8. The van der Waals surface area contributed by atoms with Crippen LogP contribution >= 0.6 is 0 Å². The van der Waals surface area contributed by atoms with Crippen molar-refractivity contribution in [1.29, 1.82) is 0 Å². The number of nitrogens with zero attached hydrogens (tertiary/aromatic N) is 2. The molecule has 1 saturated heterocycles. The van der Waals surface area contributed by atoms with Crippen molar-refractivity contribution in [3.8, 4) is 0 Å². The lowest BCUT2D eigenvalue weighted by atomic mass is 10.1. The number of hydrogen-bond donors (Lipinski definition) is 1. The monoisotopic (exact) mass is 371 g/mol. The first-order valence-corrected chi connectivity index (χ1v) is 9.93. The van der Waals surface area contributed by atoms with Gasteiger partial charge in [-0.2, -0.15) is 4.31 Å². The minimum Gasteiger partial charge on any atom is -0.378 e. The van der Waals surface area contributed by atoms with Gasteiger partial charge in [0.15, 0.2) is 0 Å². The van der Waals surface area contributed by atoms with Crippen LogP contribution in [0.1, 0.15) is 31.7 Å². The lowest BCUT2D eigenvalue weighted by Crippen LogP contribution is -2.41. The fourth-order valence-electron chi connectivity index (χ4n) is 2.90. The van der Waals surface area contributed by atoms with Gasteiger partial charge >= 0.3 is 0 Å². The van der Waals surface area contributed by atoms with E-state index in [0.717, 1.165) is 12.5 Å². The third-order valence-electron chi connectivity index (χ3n) is 4.36. The maximum Gasteiger partial charge on any atom is 0.270 e. The Morgan fingerprint density at radius 2 is 2.04 bits per heavy atom. The van der Waals surface area contributed by atoms with Gasteiger partial charge in [0.05, 0.1) is 15.9 Å². The lowest BCUT2D eigenvalue weighted by molar-refractivity contribution is -0.385. The SMILES string of the molecule is CCc1ccc([N+](=O)[O-])cc1S(=O)(=O)N1CCC(OCCCN)CC1. The number of benzene rings is 1. The molecule has 0 unspecified atom stereocenters. The van der Waals surface area contributed by atoms with Gasteiger partial charge < -0.3 is 10.5 Å². The molecule has 1 aromatic carbocycles. The van der Waals surface area contributed by atoms with Crippen LogP contribution in [0.2, 0.25) is 0 Å². The molecule has 1 aliphatic heterocycles. The molecule has 0 aliphatic carbocycles. The molecule has 0 amide bonds. The number of aryl methyl sites for hydroxylation is 1. The second-order valence-electron chi connectivity index (χ2n) is 6.02. The fraction of sp³-hybridized carbons (Fsp3) is 0.625. The van der Waals surface area contributed by atoms with Gasteiger partial charge in [-0.3, -0.25) is 10.1 Å². The highest BCUT2D eigenvalue weighted by molar-refractivity contribution is 7.89. The standard InChI is InChI=1S/C16H25N3O5S/c1-2-13-4-5-14(19(20)21)12-16(13)25(22,23)18-9-6-15(7-10-18)24-11-3-8-17/h4-5,12,15H,2-3,6-11,17H2,1H3. The summed E-state index contributed by atoms with van der Waals surface area (Å²) in [5.74, 6) is 0. The van der Waals surface area contributed by atoms with Gasteiger partial charge in [0, 0.05) is 31.8 Å². The van der Waals surface area contributed by atoms with Gasteiger partial charge in [-0.05, 0) is 37.8 Å². The van der Waals surface area contributed by atoms with Crippen LogP contribution in [-0.2, 0) is 21.2 Å². The lowest BCUT2D eigenvalue weighted by Gasteiger charge is -2.31. The van der Waals surface area contributed by atoms with Crippen LogP contribution in [0.25, 0.3) is 0 Å². The van der Waals surface area contributed by atoms with Crippen molar-refractivity contribution >= 4 is 15.7 Å².